The van der Waals surface area contributed by atoms with Gasteiger partial charge in [-0.25, -0.2) is 0 Å². The van der Waals surface area contributed by atoms with Crippen LogP contribution in [0, 0.1) is 0 Å². The molecule has 2 aromatic rings. The van der Waals surface area contributed by atoms with Gasteiger partial charge in [-0.2, -0.15) is 0 Å². The Kier molecular flexibility index (Phi) is 4.47. The number of benzene rings is 1. The third-order valence-corrected chi connectivity index (χ3v) is 2.86. The molecule has 1 heterocycles. The van der Waals surface area contributed by atoms with Crippen molar-refractivity contribution in [3.63, 3.8) is 0 Å². The van der Waals surface area contributed by atoms with Gasteiger partial charge in [0.1, 0.15) is 18.6 Å². The van der Waals surface area contributed by atoms with E-state index in [4.69, 9.17) is 38.2 Å². The van der Waals surface area contributed by atoms with Crippen molar-refractivity contribution in [2.75, 3.05) is 6.54 Å². The Morgan fingerprint density at radius 1 is 1.33 bits per heavy atom. The first kappa shape index (κ1) is 13.2. The summed E-state index contributed by atoms with van der Waals surface area (Å²) >= 11 is 12.1. The highest BCUT2D eigenvalue weighted by molar-refractivity contribution is 6.35. The summed E-state index contributed by atoms with van der Waals surface area (Å²) in [4.78, 5) is 0. The zero-order chi connectivity index (χ0) is 13.0. The number of ether oxygens (including phenoxy) is 1. The Bertz CT molecular complexity index is 515. The van der Waals surface area contributed by atoms with Gasteiger partial charge in [-0.1, -0.05) is 28.4 Å². The van der Waals surface area contributed by atoms with Gasteiger partial charge in [0.05, 0.1) is 11.2 Å². The molecule has 0 amide bonds. The van der Waals surface area contributed by atoms with Crippen molar-refractivity contribution in [3.8, 4) is 5.75 Å². The lowest BCUT2D eigenvalue weighted by atomic mass is 10.1. The normalized spacial score (nSPS) is 10.6. The molecule has 0 aliphatic heterocycles. The van der Waals surface area contributed by atoms with Gasteiger partial charge < -0.3 is 15.0 Å². The largest absolute Gasteiger partial charge is 0.487 e. The molecule has 96 valence electrons. The highest BCUT2D eigenvalue weighted by Gasteiger charge is 2.11. The van der Waals surface area contributed by atoms with Gasteiger partial charge in [0.15, 0.2) is 0 Å². The maximum Gasteiger partial charge on any atom is 0.141 e. The second-order valence-corrected chi connectivity index (χ2v) is 4.58. The lowest BCUT2D eigenvalue weighted by molar-refractivity contribution is 0.301. The van der Waals surface area contributed by atoms with E-state index in [2.05, 4.69) is 5.16 Å². The summed E-state index contributed by atoms with van der Waals surface area (Å²) in [5, 5.41) is 4.65. The summed E-state index contributed by atoms with van der Waals surface area (Å²) in [6, 6.07) is 3.45. The van der Waals surface area contributed by atoms with Crippen molar-refractivity contribution in [3.05, 3.63) is 45.8 Å². The van der Waals surface area contributed by atoms with Crippen molar-refractivity contribution >= 4 is 23.2 Å². The number of halogens is 2. The quantitative estimate of drug-likeness (QED) is 0.918. The summed E-state index contributed by atoms with van der Waals surface area (Å²) in [5.74, 6) is 0.604. The molecule has 6 heteroatoms. The molecule has 0 saturated carbocycles. The van der Waals surface area contributed by atoms with Crippen LogP contribution in [0.25, 0.3) is 0 Å². The first-order valence-electron chi connectivity index (χ1n) is 5.39. The summed E-state index contributed by atoms with van der Waals surface area (Å²) < 4.78 is 10.4. The van der Waals surface area contributed by atoms with Gasteiger partial charge in [-0.15, -0.1) is 0 Å². The third-order valence-electron chi connectivity index (χ3n) is 2.37. The molecule has 1 aromatic carbocycles. The van der Waals surface area contributed by atoms with E-state index in [9.17, 15) is 0 Å². The molecule has 0 atom stereocenters. The van der Waals surface area contributed by atoms with Gasteiger partial charge >= 0.3 is 0 Å². The molecule has 0 fully saturated rings. The Labute approximate surface area is 115 Å². The van der Waals surface area contributed by atoms with E-state index in [1.807, 2.05) is 6.07 Å². The monoisotopic (exact) mass is 286 g/mol. The molecule has 4 nitrogen and oxygen atoms in total. The number of hydrogen-bond acceptors (Lipinski definition) is 4. The topological polar surface area (TPSA) is 61.3 Å². The van der Waals surface area contributed by atoms with Crippen LogP contribution in [-0.4, -0.2) is 11.7 Å². The summed E-state index contributed by atoms with van der Waals surface area (Å²) in [7, 11) is 0. The highest BCUT2D eigenvalue weighted by atomic mass is 35.5. The van der Waals surface area contributed by atoms with Crippen LogP contribution in [0.15, 0.2) is 29.1 Å². The van der Waals surface area contributed by atoms with Crippen molar-refractivity contribution in [2.24, 2.45) is 5.73 Å². The maximum absolute atomic E-state index is 6.12. The lowest BCUT2D eigenvalue weighted by Crippen LogP contribution is -2.06. The van der Waals surface area contributed by atoms with Gasteiger partial charge in [0, 0.05) is 10.6 Å². The Balaban J connectivity index is 2.19. The number of aromatic nitrogens is 1. The average Bonchev–Trinajstić information content (AvgIpc) is 2.81. The summed E-state index contributed by atoms with van der Waals surface area (Å²) in [6.45, 7) is 0.836. The SMILES string of the molecule is NCCc1cc(Cl)cc(Cl)c1OCc1cnoc1. The molecule has 0 saturated heterocycles. The molecule has 0 bridgehead atoms. The number of hydrogen-bond donors (Lipinski definition) is 1. The van der Waals surface area contributed by atoms with Crippen LogP contribution in [0.2, 0.25) is 10.0 Å². The Morgan fingerprint density at radius 2 is 2.17 bits per heavy atom. The van der Waals surface area contributed by atoms with Crippen molar-refractivity contribution in [1.29, 1.82) is 0 Å². The van der Waals surface area contributed by atoms with E-state index in [1.54, 1.807) is 12.3 Å². The van der Waals surface area contributed by atoms with Crippen LogP contribution in [0.4, 0.5) is 0 Å². The highest BCUT2D eigenvalue weighted by Crippen LogP contribution is 2.33. The fourth-order valence-electron chi connectivity index (χ4n) is 1.57. The molecule has 2 N–H and O–H groups in total. The molecule has 2 rings (SSSR count). The van der Waals surface area contributed by atoms with Gasteiger partial charge in [0.2, 0.25) is 0 Å². The van der Waals surface area contributed by atoms with E-state index in [0.29, 0.717) is 35.4 Å². The smallest absolute Gasteiger partial charge is 0.141 e. The minimum atomic E-state index is 0.336. The fraction of sp³-hybridized carbons (Fsp3) is 0.250. The van der Waals surface area contributed by atoms with E-state index >= 15 is 0 Å². The van der Waals surface area contributed by atoms with E-state index in [0.717, 1.165) is 11.1 Å². The zero-order valence-corrected chi connectivity index (χ0v) is 11.0. The van der Waals surface area contributed by atoms with Gasteiger partial charge in [-0.05, 0) is 30.7 Å². The van der Waals surface area contributed by atoms with Crippen LogP contribution in [0.5, 0.6) is 5.75 Å². The van der Waals surface area contributed by atoms with Crippen molar-refractivity contribution in [2.45, 2.75) is 13.0 Å². The standard InChI is InChI=1S/C12H12Cl2N2O2/c13-10-3-9(1-2-15)12(11(14)4-10)17-6-8-5-16-18-7-8/h3-5,7H,1-2,6,15H2. The van der Waals surface area contributed by atoms with E-state index < -0.39 is 0 Å². The van der Waals surface area contributed by atoms with Gasteiger partial charge in [0.25, 0.3) is 0 Å². The summed E-state index contributed by atoms with van der Waals surface area (Å²) in [5.41, 5.74) is 7.28. The van der Waals surface area contributed by atoms with E-state index in [1.165, 1.54) is 6.26 Å². The summed E-state index contributed by atoms with van der Waals surface area (Å²) in [6.07, 6.45) is 3.76. The molecule has 0 aliphatic rings. The van der Waals surface area contributed by atoms with Crippen LogP contribution >= 0.6 is 23.2 Å². The minimum absolute atomic E-state index is 0.336. The van der Waals surface area contributed by atoms with Crippen molar-refractivity contribution in [1.82, 2.24) is 5.16 Å². The molecule has 0 spiro atoms. The van der Waals surface area contributed by atoms with Crippen LogP contribution < -0.4 is 10.5 Å². The lowest BCUT2D eigenvalue weighted by Gasteiger charge is -2.12. The number of nitrogens with two attached hydrogens (primary N) is 1. The van der Waals surface area contributed by atoms with Crippen LogP contribution in [0.3, 0.4) is 0 Å². The second-order valence-electron chi connectivity index (χ2n) is 3.74. The minimum Gasteiger partial charge on any atom is -0.487 e. The van der Waals surface area contributed by atoms with Crippen molar-refractivity contribution < 1.29 is 9.26 Å². The fourth-order valence-corrected chi connectivity index (χ4v) is 2.16. The maximum atomic E-state index is 6.12. The molecule has 1 aromatic heterocycles. The third kappa shape index (κ3) is 3.16. The molecular formula is C12H12Cl2N2O2. The Hall–Kier alpha value is -1.23. The first-order valence-corrected chi connectivity index (χ1v) is 6.15. The van der Waals surface area contributed by atoms with E-state index in [-0.39, 0.29) is 0 Å². The number of rotatable bonds is 5. The first-order chi connectivity index (χ1) is 8.70. The molecule has 0 aliphatic carbocycles. The second kappa shape index (κ2) is 6.09. The molecule has 0 unspecified atom stereocenters. The van der Waals surface area contributed by atoms with Gasteiger partial charge in [-0.3, -0.25) is 0 Å². The predicted octanol–water partition coefficient (Wildman–Crippen LogP) is 3.06. The predicted molar refractivity (Wildman–Crippen MR) is 70.1 cm³/mol. The molecule has 18 heavy (non-hydrogen) atoms. The van der Waals surface area contributed by atoms with Crippen LogP contribution in [0.1, 0.15) is 11.1 Å². The number of nitrogens with zero attached hydrogens (tertiary/aromatic N) is 1. The van der Waals surface area contributed by atoms with Crippen LogP contribution in [-0.2, 0) is 13.0 Å². The molecular weight excluding hydrogens is 275 g/mol. The zero-order valence-electron chi connectivity index (χ0n) is 9.53. The average molecular weight is 287 g/mol. The Morgan fingerprint density at radius 3 is 2.83 bits per heavy atom. The molecule has 0 radical (unpaired) electrons.